The van der Waals surface area contributed by atoms with Crippen LogP contribution in [0.4, 0.5) is 0 Å². The Morgan fingerprint density at radius 3 is 0.800 bits per heavy atom. The van der Waals surface area contributed by atoms with Crippen molar-refractivity contribution in [3.05, 3.63) is 0 Å². The molecule has 0 radical (unpaired) electrons. The molecule has 0 aromatic rings. The van der Waals surface area contributed by atoms with Gasteiger partial charge in [-0.05, 0) is 0 Å². The fourth-order valence-corrected chi connectivity index (χ4v) is 0. The van der Waals surface area contributed by atoms with Gasteiger partial charge in [0.1, 0.15) is 0 Å². The van der Waals surface area contributed by atoms with Gasteiger partial charge in [0.2, 0.25) is 0 Å². The van der Waals surface area contributed by atoms with Gasteiger partial charge in [-0.25, -0.2) is 0 Å². The van der Waals surface area contributed by atoms with Gasteiger partial charge in [0.15, 0.2) is 0 Å². The molecule has 32 valence electrons. The van der Waals surface area contributed by atoms with Gasteiger partial charge in [0.05, 0.1) is 0 Å². The van der Waals surface area contributed by atoms with Crippen LogP contribution in [0.25, 0.3) is 0 Å². The quantitative estimate of drug-likeness (QED) is 0.493. The van der Waals surface area contributed by atoms with Crippen LogP contribution in [0, 0.1) is 0 Å². The molecule has 0 unspecified atom stereocenters. The van der Waals surface area contributed by atoms with E-state index in [4.69, 9.17) is 0 Å². The molecule has 0 amide bonds. The summed E-state index contributed by atoms with van der Waals surface area (Å²) in [7, 11) is 0. The Labute approximate surface area is 71.8 Å². The van der Waals surface area contributed by atoms with E-state index in [-0.39, 0.29) is 72.4 Å². The van der Waals surface area contributed by atoms with Crippen molar-refractivity contribution in [2.24, 2.45) is 0 Å². The predicted molar refractivity (Wildman–Crippen MR) is 7.13 cm³/mol. The Balaban J connectivity index is 0. The third-order valence-corrected chi connectivity index (χ3v) is 0. The molecule has 0 aromatic heterocycles. The Hall–Kier alpha value is 1.90. The molecule has 2 nitrogen and oxygen atoms in total. The fourth-order valence-electron chi connectivity index (χ4n) is 0. The molecule has 0 aliphatic heterocycles. The Morgan fingerprint density at radius 2 is 0.800 bits per heavy atom. The van der Waals surface area contributed by atoms with Crippen LogP contribution in [-0.4, -0.2) is 23.9 Å². The first kappa shape index (κ1) is 66.5. The molecule has 0 fully saturated rings. The van der Waals surface area contributed by atoms with Gasteiger partial charge in [-0.15, -0.1) is 0 Å². The molecule has 0 atom stereocenters. The normalized spacial score (nSPS) is 0. The van der Waals surface area contributed by atoms with E-state index in [0.717, 1.165) is 0 Å². The Bertz CT molecular complexity index is 9.61. The molecule has 0 saturated heterocycles. The van der Waals surface area contributed by atoms with Crippen molar-refractivity contribution in [3.63, 3.8) is 0 Å². The topological polar surface area (TPSA) is 57.0 Å². The second kappa shape index (κ2) is 39.2. The fraction of sp³-hybridized carbons (Fsp3) is 0. The van der Waals surface area contributed by atoms with Crippen molar-refractivity contribution in [2.45, 2.75) is 0 Å². The third kappa shape index (κ3) is 24.9. The zero-order chi connectivity index (χ0) is 0. The van der Waals surface area contributed by atoms with E-state index in [1.165, 1.54) is 0 Å². The number of hydrogen-bond acceptors (Lipinski definition) is 0. The summed E-state index contributed by atoms with van der Waals surface area (Å²) < 4.78 is 0. The SMILES string of the molecule is [Ni].[O-2].[O-2].[Sn+4].[W]. The first-order chi connectivity index (χ1) is 0. The summed E-state index contributed by atoms with van der Waals surface area (Å²) in [6.45, 7) is 0. The van der Waals surface area contributed by atoms with E-state index in [1.54, 1.807) is 0 Å². The smallest absolute Gasteiger partial charge is 2.00 e. The standard InChI is InChI=1S/Ni.2O.Sn.W/q;2*-2;+4;. The molecule has 0 heterocycles. The number of hydrogen-bond donors (Lipinski definition) is 0. The van der Waals surface area contributed by atoms with E-state index in [2.05, 4.69) is 0 Å². The van der Waals surface area contributed by atoms with Gasteiger partial charge in [-0.2, -0.15) is 0 Å². The minimum absolute atomic E-state index is 0. The molecule has 0 aliphatic carbocycles. The molecule has 0 bridgehead atoms. The minimum atomic E-state index is 0. The average Bonchev–Trinajstić information content (AvgIpc) is 0. The van der Waals surface area contributed by atoms with Crippen LogP contribution in [-0.2, 0) is 48.5 Å². The summed E-state index contributed by atoms with van der Waals surface area (Å²) in [6, 6.07) is 0. The maximum Gasteiger partial charge on any atom is 4.00 e. The molecule has 0 spiro atoms. The second-order valence-corrected chi connectivity index (χ2v) is 0. The van der Waals surface area contributed by atoms with Crippen LogP contribution >= 0.6 is 0 Å². The van der Waals surface area contributed by atoms with Crippen molar-refractivity contribution in [1.29, 1.82) is 0 Å². The molecular weight excluding hydrogens is 393 g/mol. The molecule has 0 aliphatic rings. The van der Waals surface area contributed by atoms with Crippen molar-refractivity contribution in [1.82, 2.24) is 0 Å². The van der Waals surface area contributed by atoms with E-state index in [1.807, 2.05) is 0 Å². The van der Waals surface area contributed by atoms with Crippen molar-refractivity contribution in [2.75, 3.05) is 0 Å². The van der Waals surface area contributed by atoms with Gasteiger partial charge in [0, 0.05) is 37.6 Å². The zero-order valence-electron chi connectivity index (χ0n) is 2.04. The minimum Gasteiger partial charge on any atom is -2.00 e. The predicted octanol–water partition coefficient (Wildman–Crippen LogP) is -0.623. The Morgan fingerprint density at radius 1 is 0.800 bits per heavy atom. The van der Waals surface area contributed by atoms with Crippen molar-refractivity contribution < 1.29 is 48.5 Å². The summed E-state index contributed by atoms with van der Waals surface area (Å²) in [6.07, 6.45) is 0. The monoisotopic (exact) mass is 394 g/mol. The third-order valence-electron chi connectivity index (χ3n) is 0. The number of rotatable bonds is 0. The van der Waals surface area contributed by atoms with Gasteiger partial charge >= 0.3 is 23.9 Å². The summed E-state index contributed by atoms with van der Waals surface area (Å²) in [5.41, 5.74) is 0. The van der Waals surface area contributed by atoms with Gasteiger partial charge < -0.3 is 11.0 Å². The molecule has 0 aromatic carbocycles. The zero-order valence-corrected chi connectivity index (χ0v) is 8.82. The van der Waals surface area contributed by atoms with E-state index < -0.39 is 0 Å². The second-order valence-electron chi connectivity index (χ2n) is 0. The average molecular weight is 393 g/mol. The van der Waals surface area contributed by atoms with E-state index in [9.17, 15) is 0 Å². The van der Waals surface area contributed by atoms with Crippen LogP contribution in [0.15, 0.2) is 0 Å². The summed E-state index contributed by atoms with van der Waals surface area (Å²) in [4.78, 5) is 0. The van der Waals surface area contributed by atoms with Crippen molar-refractivity contribution in [3.8, 4) is 0 Å². The van der Waals surface area contributed by atoms with Crippen LogP contribution in [0.2, 0.25) is 0 Å². The molecule has 0 rings (SSSR count). The van der Waals surface area contributed by atoms with Crippen LogP contribution in [0.1, 0.15) is 0 Å². The summed E-state index contributed by atoms with van der Waals surface area (Å²) in [5, 5.41) is 0. The van der Waals surface area contributed by atoms with Gasteiger partial charge in [0.25, 0.3) is 0 Å². The molecular formula is NiO2SnW. The maximum atomic E-state index is 0. The van der Waals surface area contributed by atoms with Crippen molar-refractivity contribution >= 4 is 23.9 Å². The van der Waals surface area contributed by atoms with Crippen LogP contribution < -0.4 is 0 Å². The molecule has 0 N–H and O–H groups in total. The molecule has 5 heteroatoms. The van der Waals surface area contributed by atoms with Gasteiger partial charge in [-0.1, -0.05) is 0 Å². The van der Waals surface area contributed by atoms with Gasteiger partial charge in [-0.3, -0.25) is 0 Å². The molecule has 0 saturated carbocycles. The first-order valence-electron chi connectivity index (χ1n) is 0. The Kier molecular flexibility index (Phi) is 522. The van der Waals surface area contributed by atoms with E-state index in [0.29, 0.717) is 0 Å². The van der Waals surface area contributed by atoms with Crippen LogP contribution in [0.5, 0.6) is 0 Å². The first-order valence-corrected chi connectivity index (χ1v) is 0. The summed E-state index contributed by atoms with van der Waals surface area (Å²) >= 11 is 0. The largest absolute Gasteiger partial charge is 4.00 e. The summed E-state index contributed by atoms with van der Waals surface area (Å²) in [5.74, 6) is 0. The van der Waals surface area contributed by atoms with Crippen LogP contribution in [0.3, 0.4) is 0 Å². The van der Waals surface area contributed by atoms with E-state index >= 15 is 0 Å². The molecule has 5 heavy (non-hydrogen) atoms. The maximum absolute atomic E-state index is 0.